The number of H-pyrrole nitrogens is 1. The summed E-state index contributed by atoms with van der Waals surface area (Å²) in [6, 6.07) is 4.05. The molecule has 28 heavy (non-hydrogen) atoms. The number of rotatable bonds is 7. The third kappa shape index (κ3) is 4.34. The maximum absolute atomic E-state index is 12.6. The highest BCUT2D eigenvalue weighted by Gasteiger charge is 2.19. The molecule has 0 atom stereocenters. The van der Waals surface area contributed by atoms with Gasteiger partial charge in [-0.3, -0.25) is 9.59 Å². The molecule has 0 radical (unpaired) electrons. The fraction of sp³-hybridized carbons (Fsp3) is 0.450. The van der Waals surface area contributed by atoms with Crippen LogP contribution >= 0.6 is 34.4 Å². The van der Waals surface area contributed by atoms with Gasteiger partial charge in [-0.05, 0) is 42.7 Å². The molecule has 0 unspecified atom stereocenters. The molecular weight excluding hydrogens is 410 g/mol. The Morgan fingerprint density at radius 2 is 2.21 bits per heavy atom. The first-order valence-electron chi connectivity index (χ1n) is 9.49. The van der Waals surface area contributed by atoms with E-state index in [0.717, 1.165) is 35.2 Å². The highest BCUT2D eigenvalue weighted by Crippen LogP contribution is 2.33. The number of aryl methyl sites for hydroxylation is 2. The Hall–Kier alpha value is -1.64. The Morgan fingerprint density at radius 1 is 1.36 bits per heavy atom. The van der Waals surface area contributed by atoms with Crippen LogP contribution in [-0.4, -0.2) is 33.6 Å². The zero-order valence-electron chi connectivity index (χ0n) is 15.8. The summed E-state index contributed by atoms with van der Waals surface area (Å²) in [5.74, 6) is 2.19. The first-order chi connectivity index (χ1) is 13.6. The Balaban J connectivity index is 1.32. The number of fused-ring (bicyclic) bond motifs is 3. The fourth-order valence-corrected chi connectivity index (χ4v) is 6.35. The molecule has 1 aliphatic rings. The van der Waals surface area contributed by atoms with Crippen LogP contribution < -0.4 is 5.56 Å². The molecule has 0 saturated carbocycles. The first kappa shape index (κ1) is 19.7. The number of carbonyl (C=O) groups excluding carboxylic acids is 1. The molecule has 1 aliphatic carbocycles. The van der Waals surface area contributed by atoms with Gasteiger partial charge in [0.15, 0.2) is 0 Å². The van der Waals surface area contributed by atoms with Gasteiger partial charge in [-0.25, -0.2) is 4.98 Å². The summed E-state index contributed by atoms with van der Waals surface area (Å²) < 4.78 is 0. The normalized spacial score (nSPS) is 13.6. The Bertz CT molecular complexity index is 1020. The predicted octanol–water partition coefficient (Wildman–Crippen LogP) is 4.21. The van der Waals surface area contributed by atoms with Crippen molar-refractivity contribution in [3.63, 3.8) is 0 Å². The highest BCUT2D eigenvalue weighted by molar-refractivity contribution is 7.98. The van der Waals surface area contributed by atoms with Crippen molar-refractivity contribution in [2.24, 2.45) is 0 Å². The number of carbonyl (C=O) groups is 1. The molecule has 0 spiro atoms. The van der Waals surface area contributed by atoms with E-state index in [2.05, 4.69) is 4.98 Å². The molecule has 1 amide bonds. The van der Waals surface area contributed by atoms with E-state index in [-0.39, 0.29) is 11.5 Å². The lowest BCUT2D eigenvalue weighted by atomic mass is 9.97. The summed E-state index contributed by atoms with van der Waals surface area (Å²) in [6.45, 7) is 0.662. The van der Waals surface area contributed by atoms with E-state index in [1.807, 2.05) is 24.6 Å². The topological polar surface area (TPSA) is 66.1 Å². The van der Waals surface area contributed by atoms with Crippen molar-refractivity contribution in [1.82, 2.24) is 14.9 Å². The van der Waals surface area contributed by atoms with Gasteiger partial charge in [0, 0.05) is 29.0 Å². The highest BCUT2D eigenvalue weighted by atomic mass is 32.2. The van der Waals surface area contributed by atoms with Crippen LogP contribution in [0.1, 0.15) is 40.4 Å². The minimum absolute atomic E-state index is 0.00763. The molecule has 5 nitrogen and oxygen atoms in total. The molecule has 0 bridgehead atoms. The number of aromatic nitrogens is 2. The molecule has 0 fully saturated rings. The number of amides is 1. The molecule has 0 aliphatic heterocycles. The summed E-state index contributed by atoms with van der Waals surface area (Å²) in [4.78, 5) is 37.6. The molecule has 1 N–H and O–H groups in total. The van der Waals surface area contributed by atoms with Crippen LogP contribution in [0.4, 0.5) is 0 Å². The second kappa shape index (κ2) is 8.80. The van der Waals surface area contributed by atoms with Crippen molar-refractivity contribution in [2.75, 3.05) is 12.8 Å². The molecule has 148 valence electrons. The number of nitrogens with one attached hydrogen (secondary N) is 1. The Kier molecular flexibility index (Phi) is 6.18. The van der Waals surface area contributed by atoms with Crippen LogP contribution in [0.15, 0.2) is 22.3 Å². The van der Waals surface area contributed by atoms with E-state index in [9.17, 15) is 9.59 Å². The number of aromatic amines is 1. The Morgan fingerprint density at radius 3 is 3.04 bits per heavy atom. The van der Waals surface area contributed by atoms with Crippen LogP contribution in [0.2, 0.25) is 0 Å². The van der Waals surface area contributed by atoms with E-state index in [0.29, 0.717) is 24.5 Å². The van der Waals surface area contributed by atoms with E-state index in [4.69, 9.17) is 4.98 Å². The van der Waals surface area contributed by atoms with Gasteiger partial charge in [-0.1, -0.05) is 6.07 Å². The standard InChI is InChI=1S/C20H23N3O2S3/c1-23(11-13-5-4-9-27-13)17(24)8-10-26-12-16-21-19(25)18-14-6-2-3-7-15(14)28-20(18)22-16/h4-5,9H,2-3,6-8,10-12H2,1H3,(H,21,22,25). The predicted molar refractivity (Wildman–Crippen MR) is 118 cm³/mol. The quantitative estimate of drug-likeness (QED) is 0.567. The van der Waals surface area contributed by atoms with Crippen molar-refractivity contribution in [3.8, 4) is 0 Å². The summed E-state index contributed by atoms with van der Waals surface area (Å²) >= 11 is 4.98. The minimum Gasteiger partial charge on any atom is -0.341 e. The summed E-state index contributed by atoms with van der Waals surface area (Å²) in [5, 5.41) is 2.83. The van der Waals surface area contributed by atoms with Crippen LogP contribution in [0, 0.1) is 0 Å². The molecule has 3 aromatic rings. The van der Waals surface area contributed by atoms with Gasteiger partial charge in [-0.15, -0.1) is 22.7 Å². The van der Waals surface area contributed by atoms with Crippen molar-refractivity contribution in [1.29, 1.82) is 0 Å². The monoisotopic (exact) mass is 433 g/mol. The van der Waals surface area contributed by atoms with Crippen LogP contribution in [0.5, 0.6) is 0 Å². The fourth-order valence-electron chi connectivity index (χ4n) is 3.52. The number of thiophene rings is 2. The Labute approximate surface area is 176 Å². The minimum atomic E-state index is -0.00763. The molecule has 0 saturated heterocycles. The lowest BCUT2D eigenvalue weighted by Gasteiger charge is -2.15. The molecule has 3 aromatic heterocycles. The molecule has 0 aromatic carbocycles. The second-order valence-corrected chi connectivity index (χ2v) is 10.3. The van der Waals surface area contributed by atoms with Gasteiger partial charge >= 0.3 is 0 Å². The average molecular weight is 434 g/mol. The molecular formula is C20H23N3O2S3. The van der Waals surface area contributed by atoms with Crippen molar-refractivity contribution < 1.29 is 4.79 Å². The SMILES string of the molecule is CN(Cc1cccs1)C(=O)CCSCc1nc2sc3c(c2c(=O)[nH]1)CCCC3. The molecule has 4 rings (SSSR count). The lowest BCUT2D eigenvalue weighted by molar-refractivity contribution is -0.129. The van der Waals surface area contributed by atoms with E-state index in [1.54, 1.807) is 39.3 Å². The van der Waals surface area contributed by atoms with Gasteiger partial charge in [0.1, 0.15) is 10.7 Å². The van der Waals surface area contributed by atoms with Gasteiger partial charge in [0.2, 0.25) is 5.91 Å². The van der Waals surface area contributed by atoms with Crippen molar-refractivity contribution >= 4 is 50.6 Å². The summed E-state index contributed by atoms with van der Waals surface area (Å²) in [6.07, 6.45) is 4.92. The summed E-state index contributed by atoms with van der Waals surface area (Å²) in [7, 11) is 1.85. The van der Waals surface area contributed by atoms with Crippen molar-refractivity contribution in [2.45, 2.75) is 44.4 Å². The number of hydrogen-bond donors (Lipinski definition) is 1. The van der Waals surface area contributed by atoms with Crippen molar-refractivity contribution in [3.05, 3.63) is 49.0 Å². The maximum atomic E-state index is 12.6. The van der Waals surface area contributed by atoms with Gasteiger partial charge in [-0.2, -0.15) is 11.8 Å². The van der Waals surface area contributed by atoms with E-state index < -0.39 is 0 Å². The zero-order chi connectivity index (χ0) is 19.5. The largest absolute Gasteiger partial charge is 0.341 e. The first-order valence-corrected chi connectivity index (χ1v) is 12.3. The van der Waals surface area contributed by atoms with Gasteiger partial charge < -0.3 is 9.88 Å². The number of nitrogens with zero attached hydrogens (tertiary/aromatic N) is 2. The third-order valence-electron chi connectivity index (χ3n) is 4.97. The second-order valence-electron chi connectivity index (χ2n) is 7.04. The van der Waals surface area contributed by atoms with Gasteiger partial charge in [0.05, 0.1) is 17.7 Å². The third-order valence-corrected chi connectivity index (χ3v) is 7.99. The lowest BCUT2D eigenvalue weighted by Crippen LogP contribution is -2.26. The van der Waals surface area contributed by atoms with Crippen LogP contribution in [0.25, 0.3) is 10.2 Å². The molecule has 8 heteroatoms. The van der Waals surface area contributed by atoms with Gasteiger partial charge in [0.25, 0.3) is 5.56 Å². The van der Waals surface area contributed by atoms with Crippen LogP contribution in [0.3, 0.4) is 0 Å². The maximum Gasteiger partial charge on any atom is 0.259 e. The number of thioether (sulfide) groups is 1. The average Bonchev–Trinajstić information content (AvgIpc) is 3.32. The smallest absolute Gasteiger partial charge is 0.259 e. The van der Waals surface area contributed by atoms with Crippen LogP contribution in [-0.2, 0) is 29.9 Å². The molecule has 3 heterocycles. The van der Waals surface area contributed by atoms with E-state index in [1.165, 1.54) is 21.7 Å². The zero-order valence-corrected chi connectivity index (χ0v) is 18.3. The summed E-state index contributed by atoms with van der Waals surface area (Å²) in [5.41, 5.74) is 1.21. The number of hydrogen-bond acceptors (Lipinski definition) is 6. The van der Waals surface area contributed by atoms with E-state index >= 15 is 0 Å².